The van der Waals surface area contributed by atoms with E-state index in [2.05, 4.69) is 22.8 Å². The van der Waals surface area contributed by atoms with Gasteiger partial charge in [-0.3, -0.25) is 9.59 Å². The first-order chi connectivity index (χ1) is 10.6. The molecule has 0 aliphatic heterocycles. The van der Waals surface area contributed by atoms with E-state index in [9.17, 15) is 9.59 Å². The van der Waals surface area contributed by atoms with Gasteiger partial charge in [-0.1, -0.05) is 24.3 Å². The fourth-order valence-electron chi connectivity index (χ4n) is 2.86. The quantitative estimate of drug-likeness (QED) is 0.914. The van der Waals surface area contributed by atoms with Gasteiger partial charge in [-0.05, 0) is 48.2 Å². The van der Waals surface area contributed by atoms with Gasteiger partial charge in [0.25, 0.3) is 5.91 Å². The van der Waals surface area contributed by atoms with E-state index in [0.717, 1.165) is 12.8 Å². The maximum Gasteiger partial charge on any atom is 0.251 e. The van der Waals surface area contributed by atoms with Crippen molar-refractivity contribution < 1.29 is 9.59 Å². The number of fused-ring (bicyclic) bond motifs is 1. The second-order valence-electron chi connectivity index (χ2n) is 5.52. The molecule has 4 heteroatoms. The number of benzene rings is 2. The first kappa shape index (κ1) is 14.3. The number of rotatable bonds is 3. The van der Waals surface area contributed by atoms with Crippen molar-refractivity contribution in [3.05, 3.63) is 65.2 Å². The number of hydrogen-bond acceptors (Lipinski definition) is 2. The fraction of sp³-hybridized carbons (Fsp3) is 0.222. The Bertz CT molecular complexity index is 707. The van der Waals surface area contributed by atoms with E-state index >= 15 is 0 Å². The average Bonchev–Trinajstić information content (AvgIpc) is 2.91. The van der Waals surface area contributed by atoms with Gasteiger partial charge >= 0.3 is 0 Å². The minimum Gasteiger partial charge on any atom is -0.345 e. The number of aryl methyl sites for hydroxylation is 1. The highest BCUT2D eigenvalue weighted by molar-refractivity contribution is 5.95. The molecule has 1 atom stereocenters. The van der Waals surface area contributed by atoms with Crippen LogP contribution in [0.2, 0.25) is 0 Å². The molecular formula is C18H18N2O2. The molecule has 4 nitrogen and oxygen atoms in total. The largest absolute Gasteiger partial charge is 0.345 e. The van der Waals surface area contributed by atoms with Crippen molar-refractivity contribution in [3.8, 4) is 0 Å². The summed E-state index contributed by atoms with van der Waals surface area (Å²) in [6.45, 7) is 1.46. The lowest BCUT2D eigenvalue weighted by Gasteiger charge is -2.14. The van der Waals surface area contributed by atoms with Gasteiger partial charge in [0.15, 0.2) is 0 Å². The van der Waals surface area contributed by atoms with Crippen molar-refractivity contribution in [2.75, 3.05) is 5.32 Å². The summed E-state index contributed by atoms with van der Waals surface area (Å²) in [5.41, 5.74) is 3.81. The van der Waals surface area contributed by atoms with Gasteiger partial charge in [0.2, 0.25) is 5.91 Å². The predicted octanol–water partition coefficient (Wildman–Crippen LogP) is 3.06. The molecule has 0 heterocycles. The number of hydrogen-bond donors (Lipinski definition) is 2. The Morgan fingerprint density at radius 3 is 2.50 bits per heavy atom. The summed E-state index contributed by atoms with van der Waals surface area (Å²) in [4.78, 5) is 23.3. The van der Waals surface area contributed by atoms with E-state index in [-0.39, 0.29) is 17.9 Å². The number of carbonyl (C=O) groups is 2. The van der Waals surface area contributed by atoms with E-state index in [1.165, 1.54) is 18.1 Å². The Kier molecular flexibility index (Phi) is 3.92. The Labute approximate surface area is 129 Å². The summed E-state index contributed by atoms with van der Waals surface area (Å²) in [5, 5.41) is 5.77. The van der Waals surface area contributed by atoms with Gasteiger partial charge in [-0.2, -0.15) is 0 Å². The minimum atomic E-state index is -0.125. The molecule has 3 rings (SSSR count). The number of anilines is 1. The summed E-state index contributed by atoms with van der Waals surface area (Å²) in [6, 6.07) is 15.2. The summed E-state index contributed by atoms with van der Waals surface area (Å²) in [6.07, 6.45) is 1.94. The highest BCUT2D eigenvalue weighted by atomic mass is 16.2. The molecule has 0 spiro atoms. The van der Waals surface area contributed by atoms with Crippen LogP contribution in [0.3, 0.4) is 0 Å². The van der Waals surface area contributed by atoms with Crippen molar-refractivity contribution in [2.24, 2.45) is 0 Å². The summed E-state index contributed by atoms with van der Waals surface area (Å²) < 4.78 is 0. The zero-order chi connectivity index (χ0) is 15.5. The van der Waals surface area contributed by atoms with Crippen LogP contribution in [0, 0.1) is 0 Å². The van der Waals surface area contributed by atoms with E-state index in [1.54, 1.807) is 24.3 Å². The van der Waals surface area contributed by atoms with Gasteiger partial charge in [-0.25, -0.2) is 0 Å². The highest BCUT2D eigenvalue weighted by Gasteiger charge is 2.23. The highest BCUT2D eigenvalue weighted by Crippen LogP contribution is 2.30. The average molecular weight is 294 g/mol. The molecule has 0 saturated heterocycles. The maximum atomic E-state index is 12.3. The Hall–Kier alpha value is -2.62. The third-order valence-corrected chi connectivity index (χ3v) is 3.91. The third kappa shape index (κ3) is 3.01. The van der Waals surface area contributed by atoms with Crippen LogP contribution in [0.5, 0.6) is 0 Å². The topological polar surface area (TPSA) is 58.2 Å². The second kappa shape index (κ2) is 6.02. The van der Waals surface area contributed by atoms with E-state index in [4.69, 9.17) is 0 Å². The van der Waals surface area contributed by atoms with Crippen LogP contribution in [-0.4, -0.2) is 11.8 Å². The molecule has 0 fully saturated rings. The Balaban J connectivity index is 1.69. The molecule has 22 heavy (non-hydrogen) atoms. The smallest absolute Gasteiger partial charge is 0.251 e. The molecule has 0 aromatic heterocycles. The van der Waals surface area contributed by atoms with Crippen molar-refractivity contribution in [3.63, 3.8) is 0 Å². The predicted molar refractivity (Wildman–Crippen MR) is 85.7 cm³/mol. The summed E-state index contributed by atoms with van der Waals surface area (Å²) in [5.74, 6) is -0.212. The minimum absolute atomic E-state index is 0.0821. The Morgan fingerprint density at radius 2 is 1.77 bits per heavy atom. The van der Waals surface area contributed by atoms with Gasteiger partial charge in [0.1, 0.15) is 0 Å². The molecule has 2 aromatic rings. The van der Waals surface area contributed by atoms with Gasteiger partial charge < -0.3 is 10.6 Å². The van der Waals surface area contributed by atoms with Crippen molar-refractivity contribution >= 4 is 17.5 Å². The van der Waals surface area contributed by atoms with Crippen LogP contribution in [0.4, 0.5) is 5.69 Å². The molecule has 2 N–H and O–H groups in total. The van der Waals surface area contributed by atoms with E-state index in [0.29, 0.717) is 11.3 Å². The number of amides is 2. The van der Waals surface area contributed by atoms with Crippen LogP contribution < -0.4 is 10.6 Å². The summed E-state index contributed by atoms with van der Waals surface area (Å²) in [7, 11) is 0. The van der Waals surface area contributed by atoms with Crippen LogP contribution in [0.25, 0.3) is 0 Å². The summed E-state index contributed by atoms with van der Waals surface area (Å²) >= 11 is 0. The molecule has 0 bridgehead atoms. The second-order valence-corrected chi connectivity index (χ2v) is 5.52. The standard InChI is InChI=1S/C18H18N2O2/c1-12(21)19-15-9-6-14(7-10-15)18(22)20-17-11-8-13-4-2-3-5-16(13)17/h2-7,9-10,17H,8,11H2,1H3,(H,19,21)(H,20,22)/t17-/m0/s1. The normalized spacial score (nSPS) is 16.0. The lowest BCUT2D eigenvalue weighted by Crippen LogP contribution is -2.27. The number of nitrogens with one attached hydrogen (secondary N) is 2. The first-order valence-corrected chi connectivity index (χ1v) is 7.40. The molecule has 0 radical (unpaired) electrons. The van der Waals surface area contributed by atoms with Gasteiger partial charge in [0.05, 0.1) is 6.04 Å². The molecule has 112 valence electrons. The third-order valence-electron chi connectivity index (χ3n) is 3.91. The molecule has 0 saturated carbocycles. The van der Waals surface area contributed by atoms with Crippen LogP contribution >= 0.6 is 0 Å². The van der Waals surface area contributed by atoms with Crippen LogP contribution in [-0.2, 0) is 11.2 Å². The van der Waals surface area contributed by atoms with Gasteiger partial charge in [-0.15, -0.1) is 0 Å². The van der Waals surface area contributed by atoms with E-state index in [1.807, 2.05) is 12.1 Å². The molecular weight excluding hydrogens is 276 g/mol. The molecule has 0 unspecified atom stereocenters. The van der Waals surface area contributed by atoms with E-state index < -0.39 is 0 Å². The zero-order valence-corrected chi connectivity index (χ0v) is 12.4. The van der Waals surface area contributed by atoms with Crippen LogP contribution in [0.15, 0.2) is 48.5 Å². The number of carbonyl (C=O) groups excluding carboxylic acids is 2. The first-order valence-electron chi connectivity index (χ1n) is 7.40. The fourth-order valence-corrected chi connectivity index (χ4v) is 2.86. The molecule has 2 amide bonds. The molecule has 1 aliphatic rings. The Morgan fingerprint density at radius 1 is 1.05 bits per heavy atom. The SMILES string of the molecule is CC(=O)Nc1ccc(C(=O)N[C@H]2CCc3ccccc32)cc1. The van der Waals surface area contributed by atoms with Gasteiger partial charge in [0, 0.05) is 18.2 Å². The van der Waals surface area contributed by atoms with Crippen molar-refractivity contribution in [2.45, 2.75) is 25.8 Å². The zero-order valence-electron chi connectivity index (χ0n) is 12.4. The monoisotopic (exact) mass is 294 g/mol. The lowest BCUT2D eigenvalue weighted by atomic mass is 10.1. The van der Waals surface area contributed by atoms with Crippen molar-refractivity contribution in [1.82, 2.24) is 5.32 Å². The molecule has 2 aromatic carbocycles. The molecule has 1 aliphatic carbocycles. The maximum absolute atomic E-state index is 12.3. The van der Waals surface area contributed by atoms with Crippen molar-refractivity contribution in [1.29, 1.82) is 0 Å². The van der Waals surface area contributed by atoms with Crippen LogP contribution in [0.1, 0.15) is 40.9 Å². The lowest BCUT2D eigenvalue weighted by molar-refractivity contribution is -0.114.